The van der Waals surface area contributed by atoms with Gasteiger partial charge >= 0.3 is 0 Å². The molecule has 0 spiro atoms. The molecular formula is C9H8BrF2NO. The molecule has 5 heteroatoms. The van der Waals surface area contributed by atoms with Crippen molar-refractivity contribution in [3.8, 4) is 0 Å². The molecule has 14 heavy (non-hydrogen) atoms. The summed E-state index contributed by atoms with van der Waals surface area (Å²) in [5.74, 6) is -2.06. The van der Waals surface area contributed by atoms with Gasteiger partial charge in [0.15, 0.2) is 0 Å². The zero-order valence-corrected chi connectivity index (χ0v) is 8.99. The van der Waals surface area contributed by atoms with Crippen molar-refractivity contribution in [2.75, 3.05) is 6.54 Å². The van der Waals surface area contributed by atoms with Crippen LogP contribution in [0, 0.1) is 11.6 Å². The lowest BCUT2D eigenvalue weighted by molar-refractivity contribution is 0.0955. The zero-order chi connectivity index (χ0) is 10.7. The van der Waals surface area contributed by atoms with Gasteiger partial charge in [-0.2, -0.15) is 0 Å². The minimum Gasteiger partial charge on any atom is -0.352 e. The molecule has 0 aliphatic carbocycles. The van der Waals surface area contributed by atoms with Gasteiger partial charge in [-0.1, -0.05) is 0 Å². The molecule has 0 aliphatic heterocycles. The SMILES string of the molecule is CCNC(=O)c1cc(F)c(Br)c(F)c1. The number of amides is 1. The summed E-state index contributed by atoms with van der Waals surface area (Å²) in [6, 6.07) is 1.97. The Balaban J connectivity index is 3.06. The third kappa shape index (κ3) is 2.29. The van der Waals surface area contributed by atoms with Crippen LogP contribution in [0.3, 0.4) is 0 Å². The molecule has 0 unspecified atom stereocenters. The Labute approximate surface area is 88.4 Å². The molecule has 1 N–H and O–H groups in total. The predicted octanol–water partition coefficient (Wildman–Crippen LogP) is 2.48. The molecular weight excluding hydrogens is 256 g/mol. The van der Waals surface area contributed by atoms with Crippen LogP contribution in [0.5, 0.6) is 0 Å². The summed E-state index contributed by atoms with van der Waals surface area (Å²) >= 11 is 2.72. The number of benzene rings is 1. The van der Waals surface area contributed by atoms with Gasteiger partial charge in [0.05, 0.1) is 4.47 Å². The minimum absolute atomic E-state index is 0.0231. The maximum absolute atomic E-state index is 13.0. The maximum atomic E-state index is 13.0. The van der Waals surface area contributed by atoms with Gasteiger partial charge in [0.25, 0.3) is 5.91 Å². The van der Waals surface area contributed by atoms with E-state index in [4.69, 9.17) is 0 Å². The van der Waals surface area contributed by atoms with Gasteiger partial charge in [-0.3, -0.25) is 4.79 Å². The van der Waals surface area contributed by atoms with Crippen LogP contribution in [0.2, 0.25) is 0 Å². The number of halogens is 3. The molecule has 0 saturated carbocycles. The Morgan fingerprint density at radius 3 is 2.36 bits per heavy atom. The molecule has 0 aliphatic rings. The third-order valence-electron chi connectivity index (χ3n) is 1.58. The Bertz CT molecular complexity index is 345. The van der Waals surface area contributed by atoms with Gasteiger partial charge in [0.2, 0.25) is 0 Å². The molecule has 0 aromatic heterocycles. The van der Waals surface area contributed by atoms with E-state index in [9.17, 15) is 13.6 Å². The largest absolute Gasteiger partial charge is 0.352 e. The highest BCUT2D eigenvalue weighted by atomic mass is 79.9. The van der Waals surface area contributed by atoms with Crippen LogP contribution in [0.15, 0.2) is 16.6 Å². The molecule has 0 radical (unpaired) electrons. The first-order valence-corrected chi connectivity index (χ1v) is 4.78. The van der Waals surface area contributed by atoms with E-state index in [2.05, 4.69) is 21.2 Å². The second kappa shape index (κ2) is 4.50. The molecule has 0 fully saturated rings. The van der Waals surface area contributed by atoms with E-state index >= 15 is 0 Å². The normalized spacial score (nSPS) is 10.0. The van der Waals surface area contributed by atoms with E-state index in [1.54, 1.807) is 6.92 Å². The second-order valence-corrected chi connectivity index (χ2v) is 3.41. The summed E-state index contributed by atoms with van der Waals surface area (Å²) in [5, 5.41) is 2.45. The van der Waals surface area contributed by atoms with Crippen LogP contribution >= 0.6 is 15.9 Å². The lowest BCUT2D eigenvalue weighted by Crippen LogP contribution is -2.22. The molecule has 76 valence electrons. The Morgan fingerprint density at radius 2 is 1.93 bits per heavy atom. The molecule has 1 amide bonds. The van der Waals surface area contributed by atoms with Crippen molar-refractivity contribution >= 4 is 21.8 Å². The fourth-order valence-electron chi connectivity index (χ4n) is 0.949. The first-order valence-electron chi connectivity index (χ1n) is 3.99. The van der Waals surface area contributed by atoms with E-state index in [0.717, 1.165) is 12.1 Å². The van der Waals surface area contributed by atoms with Gasteiger partial charge in [-0.25, -0.2) is 8.78 Å². The number of rotatable bonds is 2. The van der Waals surface area contributed by atoms with Gasteiger partial charge in [-0.05, 0) is 35.0 Å². The van der Waals surface area contributed by atoms with E-state index in [1.165, 1.54) is 0 Å². The fraction of sp³-hybridized carbons (Fsp3) is 0.222. The average Bonchev–Trinajstić information content (AvgIpc) is 2.13. The Morgan fingerprint density at radius 1 is 1.43 bits per heavy atom. The summed E-state index contributed by atoms with van der Waals surface area (Å²) < 4.78 is 25.7. The molecule has 0 saturated heterocycles. The lowest BCUT2D eigenvalue weighted by Gasteiger charge is -2.03. The molecule has 1 rings (SSSR count). The fourth-order valence-corrected chi connectivity index (χ4v) is 1.18. The van der Waals surface area contributed by atoms with Crippen molar-refractivity contribution in [1.29, 1.82) is 0 Å². The van der Waals surface area contributed by atoms with E-state index in [-0.39, 0.29) is 10.0 Å². The van der Waals surface area contributed by atoms with Crippen molar-refractivity contribution in [2.24, 2.45) is 0 Å². The number of nitrogens with one attached hydrogen (secondary N) is 1. The van der Waals surface area contributed by atoms with Crippen molar-refractivity contribution in [1.82, 2.24) is 5.32 Å². The van der Waals surface area contributed by atoms with Crippen LogP contribution in [0.4, 0.5) is 8.78 Å². The monoisotopic (exact) mass is 263 g/mol. The topological polar surface area (TPSA) is 29.1 Å². The summed E-state index contributed by atoms with van der Waals surface area (Å²) in [6.45, 7) is 2.14. The van der Waals surface area contributed by atoms with E-state index in [0.29, 0.717) is 6.54 Å². The minimum atomic E-state index is -0.786. The van der Waals surface area contributed by atoms with Crippen LogP contribution in [-0.4, -0.2) is 12.5 Å². The summed E-state index contributed by atoms with van der Waals surface area (Å²) in [4.78, 5) is 11.2. The van der Waals surface area contributed by atoms with E-state index < -0.39 is 17.5 Å². The molecule has 1 aromatic carbocycles. The molecule has 1 aromatic rings. The van der Waals surface area contributed by atoms with Gasteiger partial charge in [0.1, 0.15) is 11.6 Å². The molecule has 2 nitrogen and oxygen atoms in total. The second-order valence-electron chi connectivity index (χ2n) is 2.61. The molecule has 0 bridgehead atoms. The van der Waals surface area contributed by atoms with Gasteiger partial charge < -0.3 is 5.32 Å². The van der Waals surface area contributed by atoms with E-state index in [1.807, 2.05) is 0 Å². The molecule has 0 atom stereocenters. The first-order chi connectivity index (χ1) is 6.56. The zero-order valence-electron chi connectivity index (χ0n) is 7.40. The number of carbonyl (C=O) groups is 1. The number of hydrogen-bond donors (Lipinski definition) is 1. The third-order valence-corrected chi connectivity index (χ3v) is 2.34. The summed E-state index contributed by atoms with van der Waals surface area (Å²) in [7, 11) is 0. The van der Waals surface area contributed by atoms with Crippen molar-refractivity contribution in [3.05, 3.63) is 33.8 Å². The number of hydrogen-bond acceptors (Lipinski definition) is 1. The van der Waals surface area contributed by atoms with Gasteiger partial charge in [-0.15, -0.1) is 0 Å². The quantitative estimate of drug-likeness (QED) is 0.817. The number of carbonyl (C=O) groups excluding carboxylic acids is 1. The Hall–Kier alpha value is -0.970. The van der Waals surface area contributed by atoms with Crippen molar-refractivity contribution in [3.63, 3.8) is 0 Å². The Kier molecular flexibility index (Phi) is 3.57. The molecule has 0 heterocycles. The smallest absolute Gasteiger partial charge is 0.251 e. The standard InChI is InChI=1S/C9H8BrF2NO/c1-2-13-9(14)5-3-6(11)8(10)7(12)4-5/h3-4H,2H2,1H3,(H,13,14). The predicted molar refractivity (Wildman–Crippen MR) is 52.1 cm³/mol. The van der Waals surface area contributed by atoms with Crippen molar-refractivity contribution < 1.29 is 13.6 Å². The van der Waals surface area contributed by atoms with Crippen LogP contribution < -0.4 is 5.32 Å². The van der Waals surface area contributed by atoms with Gasteiger partial charge in [0, 0.05) is 12.1 Å². The van der Waals surface area contributed by atoms with Crippen LogP contribution in [0.25, 0.3) is 0 Å². The highest BCUT2D eigenvalue weighted by Gasteiger charge is 2.12. The van der Waals surface area contributed by atoms with Crippen LogP contribution in [0.1, 0.15) is 17.3 Å². The highest BCUT2D eigenvalue weighted by molar-refractivity contribution is 9.10. The average molecular weight is 264 g/mol. The maximum Gasteiger partial charge on any atom is 0.251 e. The summed E-state index contributed by atoms with van der Waals surface area (Å²) in [6.07, 6.45) is 0. The van der Waals surface area contributed by atoms with Crippen LogP contribution in [-0.2, 0) is 0 Å². The highest BCUT2D eigenvalue weighted by Crippen LogP contribution is 2.20. The first kappa shape index (κ1) is 11.1. The lowest BCUT2D eigenvalue weighted by atomic mass is 10.2. The van der Waals surface area contributed by atoms with Crippen molar-refractivity contribution in [2.45, 2.75) is 6.92 Å². The summed E-state index contributed by atoms with van der Waals surface area (Å²) in [5.41, 5.74) is -0.0231.